The van der Waals surface area contributed by atoms with Crippen molar-refractivity contribution in [3.63, 3.8) is 0 Å². The molecule has 0 aliphatic carbocycles. The van der Waals surface area contributed by atoms with Gasteiger partial charge in [-0.2, -0.15) is 0 Å². The molecule has 118 valence electrons. The second-order valence-corrected chi connectivity index (χ2v) is 6.67. The molecule has 1 aliphatic rings. The van der Waals surface area contributed by atoms with E-state index in [1.165, 1.54) is 5.56 Å². The summed E-state index contributed by atoms with van der Waals surface area (Å²) in [6.07, 6.45) is 5.12. The van der Waals surface area contributed by atoms with E-state index in [-0.39, 0.29) is 5.91 Å². The van der Waals surface area contributed by atoms with Crippen LogP contribution in [-0.2, 0) is 17.6 Å². The highest BCUT2D eigenvalue weighted by Crippen LogP contribution is 2.26. The second kappa shape index (κ2) is 6.04. The monoisotopic (exact) mass is 327 g/mol. The van der Waals surface area contributed by atoms with Crippen LogP contribution in [0, 0.1) is 5.92 Å². The molecule has 0 saturated heterocycles. The number of benzene rings is 1. The number of hydrogen-bond acceptors (Lipinski definition) is 4. The minimum Gasteiger partial charge on any atom is -0.493 e. The highest BCUT2D eigenvalue weighted by Gasteiger charge is 2.20. The summed E-state index contributed by atoms with van der Waals surface area (Å²) in [5.41, 5.74) is 2.02. The van der Waals surface area contributed by atoms with E-state index >= 15 is 0 Å². The van der Waals surface area contributed by atoms with Crippen molar-refractivity contribution in [2.75, 3.05) is 13.2 Å². The van der Waals surface area contributed by atoms with Crippen molar-refractivity contribution in [3.05, 3.63) is 53.3 Å². The number of rotatable bonds is 4. The Kier molecular flexibility index (Phi) is 3.75. The van der Waals surface area contributed by atoms with E-state index in [1.807, 2.05) is 40.4 Å². The number of ether oxygens (including phenoxy) is 1. The van der Waals surface area contributed by atoms with Gasteiger partial charge in [0.15, 0.2) is 4.96 Å². The van der Waals surface area contributed by atoms with Gasteiger partial charge in [0.25, 0.3) is 0 Å². The zero-order valence-corrected chi connectivity index (χ0v) is 13.4. The van der Waals surface area contributed by atoms with Crippen LogP contribution in [-0.4, -0.2) is 28.4 Å². The lowest BCUT2D eigenvalue weighted by atomic mass is 9.97. The van der Waals surface area contributed by atoms with E-state index in [0.717, 1.165) is 22.8 Å². The Morgan fingerprint density at radius 1 is 1.43 bits per heavy atom. The van der Waals surface area contributed by atoms with Crippen LogP contribution in [0.1, 0.15) is 11.3 Å². The smallest absolute Gasteiger partial charge is 0.226 e. The van der Waals surface area contributed by atoms with Gasteiger partial charge in [-0.15, -0.1) is 11.3 Å². The number of amides is 1. The molecular formula is C17H17N3O2S. The molecule has 1 N–H and O–H groups in total. The topological polar surface area (TPSA) is 55.6 Å². The summed E-state index contributed by atoms with van der Waals surface area (Å²) in [5.74, 6) is 1.29. The van der Waals surface area contributed by atoms with Crippen molar-refractivity contribution in [2.45, 2.75) is 12.8 Å². The molecule has 5 nitrogen and oxygen atoms in total. The van der Waals surface area contributed by atoms with E-state index < -0.39 is 0 Å². The summed E-state index contributed by atoms with van der Waals surface area (Å²) in [4.78, 5) is 17.5. The molecule has 3 aromatic rings. The van der Waals surface area contributed by atoms with Crippen molar-refractivity contribution in [3.8, 4) is 5.75 Å². The van der Waals surface area contributed by atoms with Gasteiger partial charge in [0, 0.05) is 30.2 Å². The van der Waals surface area contributed by atoms with Gasteiger partial charge in [-0.1, -0.05) is 18.2 Å². The maximum atomic E-state index is 12.1. The summed E-state index contributed by atoms with van der Waals surface area (Å²) in [6.45, 7) is 1.28. The standard InChI is InChI=1S/C17H17N3O2S/c21-16(8-14-10-20-5-6-23-17(20)19-14)18-9-12-7-13-3-1-2-4-15(13)22-11-12/h1-6,10,12H,7-9,11H2,(H,18,21). The Bertz CT molecular complexity index is 811. The quantitative estimate of drug-likeness (QED) is 0.800. The minimum absolute atomic E-state index is 0.00890. The van der Waals surface area contributed by atoms with Crippen LogP contribution < -0.4 is 10.1 Å². The van der Waals surface area contributed by atoms with E-state index in [1.54, 1.807) is 11.3 Å². The van der Waals surface area contributed by atoms with Gasteiger partial charge in [0.05, 0.1) is 18.7 Å². The molecule has 0 saturated carbocycles. The molecule has 0 spiro atoms. The van der Waals surface area contributed by atoms with Crippen molar-refractivity contribution in [1.82, 2.24) is 14.7 Å². The molecule has 1 unspecified atom stereocenters. The Balaban J connectivity index is 1.31. The summed E-state index contributed by atoms with van der Waals surface area (Å²) in [7, 11) is 0. The molecule has 0 bridgehead atoms. The number of fused-ring (bicyclic) bond motifs is 2. The number of thiazole rings is 1. The highest BCUT2D eigenvalue weighted by atomic mass is 32.1. The molecular weight excluding hydrogens is 310 g/mol. The number of hydrogen-bond donors (Lipinski definition) is 1. The van der Waals surface area contributed by atoms with E-state index in [9.17, 15) is 4.79 Å². The first-order valence-corrected chi connectivity index (χ1v) is 8.54. The zero-order valence-electron chi connectivity index (χ0n) is 12.6. The number of aromatic nitrogens is 2. The Morgan fingerprint density at radius 2 is 2.35 bits per heavy atom. The summed E-state index contributed by atoms with van der Waals surface area (Å²) in [5, 5.41) is 4.98. The lowest BCUT2D eigenvalue weighted by molar-refractivity contribution is -0.120. The van der Waals surface area contributed by atoms with Gasteiger partial charge in [0.1, 0.15) is 5.75 Å². The number of para-hydroxylation sites is 1. The first-order valence-electron chi connectivity index (χ1n) is 7.66. The van der Waals surface area contributed by atoms with E-state index in [0.29, 0.717) is 25.5 Å². The highest BCUT2D eigenvalue weighted by molar-refractivity contribution is 7.15. The average molecular weight is 327 g/mol. The fraction of sp³-hybridized carbons (Fsp3) is 0.294. The summed E-state index contributed by atoms with van der Waals surface area (Å²) >= 11 is 1.57. The van der Waals surface area contributed by atoms with Crippen LogP contribution in [0.5, 0.6) is 5.75 Å². The lowest BCUT2D eigenvalue weighted by Crippen LogP contribution is -2.35. The van der Waals surface area contributed by atoms with Gasteiger partial charge in [-0.05, 0) is 18.1 Å². The van der Waals surface area contributed by atoms with Gasteiger partial charge < -0.3 is 10.1 Å². The minimum atomic E-state index is 0.00890. The number of imidazole rings is 1. The molecule has 1 aliphatic heterocycles. The van der Waals surface area contributed by atoms with E-state index in [2.05, 4.69) is 16.4 Å². The summed E-state index contributed by atoms with van der Waals surface area (Å²) in [6, 6.07) is 8.08. The van der Waals surface area contributed by atoms with Crippen LogP contribution in [0.25, 0.3) is 4.96 Å². The molecule has 1 amide bonds. The average Bonchev–Trinajstić information content (AvgIpc) is 3.14. The Hall–Kier alpha value is -2.34. The van der Waals surface area contributed by atoms with Gasteiger partial charge in [-0.25, -0.2) is 4.98 Å². The number of nitrogens with zero attached hydrogens (tertiary/aromatic N) is 2. The van der Waals surface area contributed by atoms with Gasteiger partial charge in [0.2, 0.25) is 5.91 Å². The van der Waals surface area contributed by atoms with Crippen molar-refractivity contribution in [2.24, 2.45) is 5.92 Å². The lowest BCUT2D eigenvalue weighted by Gasteiger charge is -2.25. The molecule has 23 heavy (non-hydrogen) atoms. The second-order valence-electron chi connectivity index (χ2n) is 5.79. The third-order valence-corrected chi connectivity index (χ3v) is 4.80. The zero-order chi connectivity index (χ0) is 15.6. The molecule has 0 radical (unpaired) electrons. The Labute approximate surface area is 137 Å². The van der Waals surface area contributed by atoms with Crippen LogP contribution in [0.3, 0.4) is 0 Å². The predicted molar refractivity (Wildman–Crippen MR) is 88.9 cm³/mol. The molecule has 1 aromatic carbocycles. The van der Waals surface area contributed by atoms with E-state index in [4.69, 9.17) is 4.74 Å². The predicted octanol–water partition coefficient (Wildman–Crippen LogP) is 2.31. The molecule has 1 atom stereocenters. The van der Waals surface area contributed by atoms with Crippen molar-refractivity contribution in [1.29, 1.82) is 0 Å². The third kappa shape index (κ3) is 3.07. The SMILES string of the molecule is O=C(Cc1cn2ccsc2n1)NCC1COc2ccccc2C1. The van der Waals surface area contributed by atoms with Crippen LogP contribution >= 0.6 is 11.3 Å². The normalized spacial score (nSPS) is 16.8. The van der Waals surface area contributed by atoms with Gasteiger partial charge >= 0.3 is 0 Å². The fourth-order valence-electron chi connectivity index (χ4n) is 2.87. The molecule has 4 rings (SSSR count). The molecule has 3 heterocycles. The first kappa shape index (κ1) is 14.3. The fourth-order valence-corrected chi connectivity index (χ4v) is 3.59. The van der Waals surface area contributed by atoms with Crippen LogP contribution in [0.15, 0.2) is 42.0 Å². The summed E-state index contributed by atoms with van der Waals surface area (Å²) < 4.78 is 7.69. The maximum absolute atomic E-state index is 12.1. The third-order valence-electron chi connectivity index (χ3n) is 4.03. The Morgan fingerprint density at radius 3 is 3.26 bits per heavy atom. The van der Waals surface area contributed by atoms with Crippen LogP contribution in [0.4, 0.5) is 0 Å². The van der Waals surface area contributed by atoms with Gasteiger partial charge in [-0.3, -0.25) is 9.20 Å². The molecule has 2 aromatic heterocycles. The maximum Gasteiger partial charge on any atom is 0.226 e. The number of carbonyl (C=O) groups excluding carboxylic acids is 1. The molecule has 0 fully saturated rings. The first-order chi connectivity index (χ1) is 11.3. The largest absolute Gasteiger partial charge is 0.493 e. The van der Waals surface area contributed by atoms with Crippen LogP contribution in [0.2, 0.25) is 0 Å². The van der Waals surface area contributed by atoms with Crippen molar-refractivity contribution >= 4 is 22.2 Å². The number of carbonyl (C=O) groups is 1. The number of nitrogens with one attached hydrogen (secondary N) is 1. The molecule has 6 heteroatoms. The van der Waals surface area contributed by atoms with Crippen molar-refractivity contribution < 1.29 is 9.53 Å².